The maximum Gasteiger partial charge on any atom is -0.0225 e. The molecule has 0 spiro atoms. The van der Waals surface area contributed by atoms with Crippen LogP contribution in [0.25, 0.3) is 0 Å². The fourth-order valence-corrected chi connectivity index (χ4v) is 2.39. The lowest BCUT2D eigenvalue weighted by molar-refractivity contribution is 0.610. The normalized spacial score (nSPS) is 16.8. The third kappa shape index (κ3) is 5.26. The molecular formula is C12H20P. The van der Waals surface area contributed by atoms with Crippen LogP contribution >= 0.6 is 8.58 Å². The van der Waals surface area contributed by atoms with Crippen molar-refractivity contribution in [1.82, 2.24) is 0 Å². The van der Waals surface area contributed by atoms with Crippen molar-refractivity contribution in [3.05, 3.63) is 23.3 Å². The highest BCUT2D eigenvalue weighted by molar-refractivity contribution is 7.47. The maximum atomic E-state index is 2.27. The Bertz CT molecular complexity index is 180. The minimum absolute atomic E-state index is 1.32. The number of allylic oxidation sites excluding steroid dienone is 3. The molecule has 0 unspecified atom stereocenters. The van der Waals surface area contributed by atoms with Gasteiger partial charge in [-0.25, -0.2) is 0 Å². The predicted molar refractivity (Wildman–Crippen MR) is 62.1 cm³/mol. The number of hydrogen-bond donors (Lipinski definition) is 0. The van der Waals surface area contributed by atoms with Crippen LogP contribution < -0.4 is 0 Å². The fourth-order valence-electron chi connectivity index (χ4n) is 1.57. The molecule has 0 aromatic carbocycles. The van der Waals surface area contributed by atoms with Gasteiger partial charge in [-0.15, -0.1) is 0 Å². The monoisotopic (exact) mass is 195 g/mol. The van der Waals surface area contributed by atoms with Crippen LogP contribution in [0.3, 0.4) is 0 Å². The van der Waals surface area contributed by atoms with E-state index in [0.717, 1.165) is 0 Å². The van der Waals surface area contributed by atoms with E-state index in [9.17, 15) is 0 Å². The molecule has 0 nitrogen and oxygen atoms in total. The minimum atomic E-state index is 1.32. The summed E-state index contributed by atoms with van der Waals surface area (Å²) in [6, 6.07) is 0. The average molecular weight is 195 g/mol. The van der Waals surface area contributed by atoms with Gasteiger partial charge in [0.1, 0.15) is 0 Å². The minimum Gasteiger partial charge on any atom is -0.0654 e. The van der Waals surface area contributed by atoms with Crippen LogP contribution in [0.4, 0.5) is 0 Å². The lowest BCUT2D eigenvalue weighted by Gasteiger charge is -2.01. The Hall–Kier alpha value is -0.0900. The molecule has 0 fully saturated rings. The fraction of sp³-hybridized carbons (Fsp3) is 0.667. The van der Waals surface area contributed by atoms with Crippen molar-refractivity contribution in [3.8, 4) is 0 Å². The first-order valence-corrected chi connectivity index (χ1v) is 6.46. The lowest BCUT2D eigenvalue weighted by Crippen LogP contribution is -1.79. The molecule has 0 aliphatic carbocycles. The average Bonchev–Trinajstić information content (AvgIpc) is 2.63. The van der Waals surface area contributed by atoms with Crippen LogP contribution in [0.5, 0.6) is 0 Å². The Labute approximate surface area is 84.3 Å². The highest BCUT2D eigenvalue weighted by Gasteiger charge is 1.99. The summed E-state index contributed by atoms with van der Waals surface area (Å²) >= 11 is 0. The van der Waals surface area contributed by atoms with E-state index in [1.54, 1.807) is 5.31 Å². The van der Waals surface area contributed by atoms with Gasteiger partial charge in [0.15, 0.2) is 0 Å². The largest absolute Gasteiger partial charge is 0.0654 e. The van der Waals surface area contributed by atoms with E-state index in [4.69, 9.17) is 0 Å². The van der Waals surface area contributed by atoms with Gasteiger partial charge < -0.3 is 0 Å². The van der Waals surface area contributed by atoms with Gasteiger partial charge in [0.05, 0.1) is 0 Å². The summed E-state index contributed by atoms with van der Waals surface area (Å²) in [5.74, 6) is 2.23. The molecule has 1 rings (SSSR count). The number of rotatable bonds is 7. The molecule has 0 atom stereocenters. The third-order valence-electron chi connectivity index (χ3n) is 2.40. The van der Waals surface area contributed by atoms with E-state index in [1.807, 2.05) is 0 Å². The Morgan fingerprint density at radius 3 is 2.54 bits per heavy atom. The van der Waals surface area contributed by atoms with Crippen molar-refractivity contribution in [2.45, 2.75) is 51.9 Å². The van der Waals surface area contributed by atoms with Gasteiger partial charge in [0, 0.05) is 0 Å². The van der Waals surface area contributed by atoms with Gasteiger partial charge >= 0.3 is 0 Å². The van der Waals surface area contributed by atoms with Gasteiger partial charge in [0.2, 0.25) is 0 Å². The van der Waals surface area contributed by atoms with Crippen LogP contribution in [-0.4, -0.2) is 0 Å². The first-order valence-electron chi connectivity index (χ1n) is 5.50. The standard InChI is InChI=1S/C12H20P/c1-2-3-4-5-6-7-9-12-10-8-11-13-12/h8,10-11H,2-7,9H2,1H3. The zero-order chi connectivity index (χ0) is 9.36. The van der Waals surface area contributed by atoms with E-state index < -0.39 is 0 Å². The predicted octanol–water partition coefficient (Wildman–Crippen LogP) is 5.09. The van der Waals surface area contributed by atoms with Crippen LogP contribution in [0.1, 0.15) is 51.9 Å². The molecule has 1 heterocycles. The summed E-state index contributed by atoms with van der Waals surface area (Å²) in [5, 5.41) is 1.61. The second kappa shape index (κ2) is 7.33. The quantitative estimate of drug-likeness (QED) is 0.392. The highest BCUT2D eigenvalue weighted by atomic mass is 31.1. The Kier molecular flexibility index (Phi) is 6.19. The molecule has 0 bridgehead atoms. The lowest BCUT2D eigenvalue weighted by atomic mass is 10.1. The molecule has 1 radical (unpaired) electrons. The van der Waals surface area contributed by atoms with Gasteiger partial charge in [0.25, 0.3) is 0 Å². The van der Waals surface area contributed by atoms with Gasteiger partial charge in [-0.2, -0.15) is 0 Å². The van der Waals surface area contributed by atoms with E-state index >= 15 is 0 Å². The number of unbranched alkanes of at least 4 members (excludes halogenated alkanes) is 5. The van der Waals surface area contributed by atoms with Crippen molar-refractivity contribution in [1.29, 1.82) is 0 Å². The van der Waals surface area contributed by atoms with E-state index in [-0.39, 0.29) is 0 Å². The summed E-state index contributed by atoms with van der Waals surface area (Å²) in [6.07, 6.45) is 14.2. The molecule has 0 aromatic rings. The smallest absolute Gasteiger partial charge is 0.0225 e. The molecule has 13 heavy (non-hydrogen) atoms. The van der Waals surface area contributed by atoms with E-state index in [1.165, 1.54) is 53.5 Å². The Morgan fingerprint density at radius 1 is 1.08 bits per heavy atom. The van der Waals surface area contributed by atoms with Gasteiger partial charge in [-0.05, 0) is 26.7 Å². The molecule has 73 valence electrons. The van der Waals surface area contributed by atoms with E-state index in [2.05, 4.69) is 24.9 Å². The molecule has 1 aliphatic heterocycles. The number of hydrogen-bond acceptors (Lipinski definition) is 0. The van der Waals surface area contributed by atoms with Crippen molar-refractivity contribution < 1.29 is 0 Å². The van der Waals surface area contributed by atoms with Gasteiger partial charge in [-0.1, -0.05) is 57.0 Å². The second-order valence-corrected chi connectivity index (χ2v) is 4.78. The highest BCUT2D eigenvalue weighted by Crippen LogP contribution is 2.34. The van der Waals surface area contributed by atoms with Crippen LogP contribution in [-0.2, 0) is 0 Å². The molecule has 0 saturated heterocycles. The Balaban J connectivity index is 1.84. The maximum absolute atomic E-state index is 2.27. The Morgan fingerprint density at radius 2 is 1.85 bits per heavy atom. The zero-order valence-corrected chi connectivity index (χ0v) is 9.52. The van der Waals surface area contributed by atoms with Crippen LogP contribution in [0.2, 0.25) is 0 Å². The van der Waals surface area contributed by atoms with Crippen LogP contribution in [0.15, 0.2) is 23.3 Å². The molecule has 1 aliphatic rings. The summed E-state index contributed by atoms with van der Waals surface area (Å²) in [7, 11) is 1.44. The molecule has 0 N–H and O–H groups in total. The molecule has 1 heteroatoms. The topological polar surface area (TPSA) is 0 Å². The third-order valence-corrected chi connectivity index (χ3v) is 3.43. The zero-order valence-electron chi connectivity index (χ0n) is 8.63. The van der Waals surface area contributed by atoms with E-state index in [0.29, 0.717) is 0 Å². The molecule has 0 aromatic heterocycles. The summed E-state index contributed by atoms with van der Waals surface area (Å²) in [5.41, 5.74) is 0. The molecule has 0 saturated carbocycles. The summed E-state index contributed by atoms with van der Waals surface area (Å²) in [4.78, 5) is 0. The first kappa shape index (κ1) is 11.0. The molecular weight excluding hydrogens is 175 g/mol. The van der Waals surface area contributed by atoms with Crippen molar-refractivity contribution in [2.75, 3.05) is 0 Å². The summed E-state index contributed by atoms with van der Waals surface area (Å²) in [6.45, 7) is 2.27. The van der Waals surface area contributed by atoms with Crippen molar-refractivity contribution in [2.24, 2.45) is 0 Å². The first-order chi connectivity index (χ1) is 6.43. The van der Waals surface area contributed by atoms with Crippen molar-refractivity contribution in [3.63, 3.8) is 0 Å². The second-order valence-electron chi connectivity index (χ2n) is 3.65. The van der Waals surface area contributed by atoms with Gasteiger partial charge in [-0.3, -0.25) is 0 Å². The van der Waals surface area contributed by atoms with Crippen molar-refractivity contribution >= 4 is 8.58 Å². The van der Waals surface area contributed by atoms with Crippen LogP contribution in [0, 0.1) is 0 Å². The summed E-state index contributed by atoms with van der Waals surface area (Å²) < 4.78 is 0. The SMILES string of the molecule is CCCCCCCCC1=CC=C[P]1. The molecule has 0 amide bonds.